The lowest BCUT2D eigenvalue weighted by molar-refractivity contribution is -0.138. The highest BCUT2D eigenvalue weighted by Crippen LogP contribution is 2.31. The predicted octanol–water partition coefficient (Wildman–Crippen LogP) is 5.80. The maximum absolute atomic E-state index is 11.9. The van der Waals surface area contributed by atoms with Crippen molar-refractivity contribution in [2.75, 3.05) is 0 Å². The molecule has 9 heteroatoms. The van der Waals surface area contributed by atoms with Crippen LogP contribution in [0.1, 0.15) is 22.6 Å². The Labute approximate surface area is 123 Å². The summed E-state index contributed by atoms with van der Waals surface area (Å²) in [6.45, 7) is 1.47. The molecule has 0 bridgehead atoms. The second-order valence-corrected chi connectivity index (χ2v) is 4.44. The summed E-state index contributed by atoms with van der Waals surface area (Å²) >= 11 is 2.98. The fourth-order valence-corrected chi connectivity index (χ4v) is 1.49. The molecule has 0 aliphatic rings. The number of furan rings is 2. The van der Waals surface area contributed by atoms with E-state index >= 15 is 0 Å². The van der Waals surface area contributed by atoms with Gasteiger partial charge in [-0.25, -0.2) is 0 Å². The summed E-state index contributed by atoms with van der Waals surface area (Å²) in [7, 11) is 0. The van der Waals surface area contributed by atoms with Crippen LogP contribution < -0.4 is 0 Å². The van der Waals surface area contributed by atoms with E-state index in [-0.39, 0.29) is 11.5 Å². The molecule has 0 aliphatic heterocycles. The van der Waals surface area contributed by atoms with Gasteiger partial charge in [0.15, 0.2) is 0 Å². The highest BCUT2D eigenvalue weighted by molar-refractivity contribution is 9.08. The molecule has 21 heavy (non-hydrogen) atoms. The van der Waals surface area contributed by atoms with E-state index in [9.17, 15) is 26.3 Å². The van der Waals surface area contributed by atoms with Crippen LogP contribution in [0.15, 0.2) is 33.5 Å². The van der Waals surface area contributed by atoms with Crippen LogP contribution in [0.5, 0.6) is 0 Å². The molecule has 2 aromatic heterocycles. The first kappa shape index (κ1) is 17.7. The Hall–Kier alpha value is -1.38. The van der Waals surface area contributed by atoms with Crippen LogP contribution in [0.4, 0.5) is 26.3 Å². The van der Waals surface area contributed by atoms with Gasteiger partial charge in [0.2, 0.25) is 0 Å². The van der Waals surface area contributed by atoms with E-state index in [1.807, 2.05) is 0 Å². The van der Waals surface area contributed by atoms with Crippen molar-refractivity contribution in [3.8, 4) is 0 Å². The number of aryl methyl sites for hydroxylation is 1. The van der Waals surface area contributed by atoms with Crippen LogP contribution in [-0.2, 0) is 17.7 Å². The second kappa shape index (κ2) is 6.59. The fourth-order valence-electron chi connectivity index (χ4n) is 1.19. The minimum absolute atomic E-state index is 0.271. The van der Waals surface area contributed by atoms with Crippen molar-refractivity contribution in [3.63, 3.8) is 0 Å². The van der Waals surface area contributed by atoms with E-state index in [1.165, 1.54) is 6.92 Å². The Morgan fingerprint density at radius 3 is 1.62 bits per heavy atom. The monoisotopic (exact) mass is 378 g/mol. The number of alkyl halides is 7. The summed E-state index contributed by atoms with van der Waals surface area (Å²) in [5.41, 5.74) is -1.48. The van der Waals surface area contributed by atoms with E-state index in [4.69, 9.17) is 0 Å². The Bertz CT molecular complexity index is 567. The molecule has 0 N–H and O–H groups in total. The number of hydrogen-bond acceptors (Lipinski definition) is 2. The van der Waals surface area contributed by atoms with Gasteiger partial charge in [0.1, 0.15) is 24.0 Å². The largest absolute Gasteiger partial charge is 0.469 e. The maximum Gasteiger partial charge on any atom is 0.419 e. The minimum Gasteiger partial charge on any atom is -0.469 e. The zero-order valence-electron chi connectivity index (χ0n) is 10.5. The Morgan fingerprint density at radius 2 is 1.38 bits per heavy atom. The van der Waals surface area contributed by atoms with Gasteiger partial charge in [-0.15, -0.1) is 0 Å². The highest BCUT2D eigenvalue weighted by atomic mass is 79.9. The van der Waals surface area contributed by atoms with Crippen LogP contribution in [0.3, 0.4) is 0 Å². The summed E-state index contributed by atoms with van der Waals surface area (Å²) in [6, 6.07) is 1.93. The molecule has 0 unspecified atom stereocenters. The summed E-state index contributed by atoms with van der Waals surface area (Å²) in [5, 5.41) is 0.295. The second-order valence-electron chi connectivity index (χ2n) is 3.88. The average Bonchev–Trinajstić information content (AvgIpc) is 2.95. The summed E-state index contributed by atoms with van der Waals surface area (Å²) in [5.74, 6) is 0.546. The lowest BCUT2D eigenvalue weighted by Crippen LogP contribution is -2.01. The first-order chi connectivity index (χ1) is 9.54. The smallest absolute Gasteiger partial charge is 0.419 e. The summed E-state index contributed by atoms with van der Waals surface area (Å²) in [6.07, 6.45) is -7.17. The molecule has 0 saturated heterocycles. The predicted molar refractivity (Wildman–Crippen MR) is 64.8 cm³/mol. The Balaban J connectivity index is 0.000000211. The topological polar surface area (TPSA) is 26.3 Å². The molecule has 0 radical (unpaired) electrons. The van der Waals surface area contributed by atoms with Gasteiger partial charge in [0.25, 0.3) is 0 Å². The van der Waals surface area contributed by atoms with Crippen molar-refractivity contribution in [2.45, 2.75) is 24.6 Å². The molecule has 0 aliphatic carbocycles. The van der Waals surface area contributed by atoms with E-state index in [1.54, 1.807) is 0 Å². The van der Waals surface area contributed by atoms with Crippen molar-refractivity contribution >= 4 is 15.9 Å². The molecule has 0 fully saturated rings. The Kier molecular flexibility index (Phi) is 5.54. The van der Waals surface area contributed by atoms with Gasteiger partial charge in [0, 0.05) is 0 Å². The van der Waals surface area contributed by atoms with Crippen LogP contribution in [0, 0.1) is 6.92 Å². The first-order valence-electron chi connectivity index (χ1n) is 5.37. The van der Waals surface area contributed by atoms with Crippen molar-refractivity contribution < 1.29 is 35.2 Å². The average molecular weight is 379 g/mol. The molecule has 2 aromatic rings. The van der Waals surface area contributed by atoms with Gasteiger partial charge in [-0.05, 0) is 19.1 Å². The van der Waals surface area contributed by atoms with E-state index in [0.717, 1.165) is 12.1 Å². The van der Waals surface area contributed by atoms with Gasteiger partial charge in [-0.2, -0.15) is 26.3 Å². The molecular weight excluding hydrogens is 370 g/mol. The van der Waals surface area contributed by atoms with Crippen molar-refractivity contribution in [2.24, 2.45) is 0 Å². The third kappa shape index (κ3) is 5.49. The van der Waals surface area contributed by atoms with Crippen LogP contribution in [0.25, 0.3) is 0 Å². The van der Waals surface area contributed by atoms with E-state index in [2.05, 4.69) is 24.8 Å². The van der Waals surface area contributed by atoms with Crippen molar-refractivity contribution in [1.82, 2.24) is 0 Å². The van der Waals surface area contributed by atoms with Gasteiger partial charge in [0.05, 0.1) is 16.5 Å². The van der Waals surface area contributed by atoms with Gasteiger partial charge in [-0.1, -0.05) is 15.9 Å². The molecule has 0 amide bonds. The van der Waals surface area contributed by atoms with Gasteiger partial charge >= 0.3 is 12.4 Å². The zero-order valence-corrected chi connectivity index (χ0v) is 12.1. The van der Waals surface area contributed by atoms with E-state index in [0.29, 0.717) is 17.9 Å². The molecule has 0 spiro atoms. The number of halogens is 7. The van der Waals surface area contributed by atoms with Crippen LogP contribution in [-0.4, -0.2) is 0 Å². The SMILES string of the molecule is Cc1cc(C(F)(F)F)co1.FC(F)(F)c1coc(CBr)c1. The number of hydrogen-bond donors (Lipinski definition) is 0. The zero-order chi connectivity index (χ0) is 16.3. The highest BCUT2D eigenvalue weighted by Gasteiger charge is 2.32. The van der Waals surface area contributed by atoms with Gasteiger partial charge in [-0.3, -0.25) is 0 Å². The van der Waals surface area contributed by atoms with Crippen LogP contribution in [0.2, 0.25) is 0 Å². The van der Waals surface area contributed by atoms with Crippen LogP contribution >= 0.6 is 15.9 Å². The first-order valence-corrected chi connectivity index (χ1v) is 6.49. The standard InChI is InChI=1S/C6H4BrF3O.C6H5F3O/c7-2-5-1-4(3-11-5)6(8,9)10;1-4-2-5(3-10-4)6(7,8)9/h1,3H,2H2;2-3H,1H3. The molecule has 0 saturated carbocycles. The van der Waals surface area contributed by atoms with Crippen molar-refractivity contribution in [1.29, 1.82) is 0 Å². The lowest BCUT2D eigenvalue weighted by atomic mass is 10.3. The summed E-state index contributed by atoms with van der Waals surface area (Å²) < 4.78 is 79.9. The molecule has 2 nitrogen and oxygen atoms in total. The number of rotatable bonds is 1. The lowest BCUT2D eigenvalue weighted by Gasteiger charge is -1.99. The minimum atomic E-state index is -4.30. The normalized spacial score (nSPS) is 12.0. The fraction of sp³-hybridized carbons (Fsp3) is 0.333. The molecule has 2 rings (SSSR count). The van der Waals surface area contributed by atoms with Crippen molar-refractivity contribution in [3.05, 3.63) is 47.3 Å². The molecule has 0 aromatic carbocycles. The molecule has 118 valence electrons. The quantitative estimate of drug-likeness (QED) is 0.463. The molecular formula is C12H9BrF6O2. The molecule has 2 heterocycles. The van der Waals surface area contributed by atoms with Gasteiger partial charge < -0.3 is 8.83 Å². The third-order valence-electron chi connectivity index (χ3n) is 2.17. The third-order valence-corrected chi connectivity index (χ3v) is 2.72. The van der Waals surface area contributed by atoms with E-state index < -0.39 is 23.5 Å². The Morgan fingerprint density at radius 1 is 0.905 bits per heavy atom. The molecule has 0 atom stereocenters. The summed E-state index contributed by atoms with van der Waals surface area (Å²) in [4.78, 5) is 0. The maximum atomic E-state index is 11.9.